The van der Waals surface area contributed by atoms with Gasteiger partial charge in [0.2, 0.25) is 0 Å². The molecule has 0 fully saturated rings. The Balaban J connectivity index is 1.85. The Hall–Kier alpha value is -2.05. The monoisotopic (exact) mass is 307 g/mol. The van der Waals surface area contributed by atoms with Crippen LogP contribution in [-0.4, -0.2) is 57.9 Å². The first kappa shape index (κ1) is 16.3. The summed E-state index contributed by atoms with van der Waals surface area (Å²) >= 11 is 0. The van der Waals surface area contributed by atoms with Crippen LogP contribution in [0.5, 0.6) is 0 Å². The summed E-state index contributed by atoms with van der Waals surface area (Å²) in [5, 5.41) is 7.53. The van der Waals surface area contributed by atoms with Crippen LogP contribution in [0.3, 0.4) is 0 Å². The summed E-state index contributed by atoms with van der Waals surface area (Å²) < 4.78 is 7.27. The van der Waals surface area contributed by atoms with Crippen molar-refractivity contribution in [3.05, 3.63) is 18.5 Å². The van der Waals surface area contributed by atoms with E-state index in [1.54, 1.807) is 11.1 Å². The van der Waals surface area contributed by atoms with Gasteiger partial charge >= 0.3 is 6.09 Å². The smallest absolute Gasteiger partial charge is 0.410 e. The van der Waals surface area contributed by atoms with E-state index in [1.165, 1.54) is 0 Å². The second kappa shape index (κ2) is 6.81. The lowest BCUT2D eigenvalue weighted by atomic mass is 10.2. The number of carbonyl (C=O) groups excluding carboxylic acids is 1. The van der Waals surface area contributed by atoms with Gasteiger partial charge in [-0.1, -0.05) is 0 Å². The molecule has 1 aliphatic rings. The molecule has 1 aliphatic heterocycles. The Morgan fingerprint density at radius 3 is 2.91 bits per heavy atom. The number of carbonyl (C=O) groups is 1. The van der Waals surface area contributed by atoms with Crippen molar-refractivity contribution in [3.8, 4) is 0 Å². The van der Waals surface area contributed by atoms with E-state index in [2.05, 4.69) is 22.3 Å². The number of aliphatic imine (C=N–C) groups is 1. The lowest BCUT2D eigenvalue weighted by molar-refractivity contribution is 0.0276. The molecule has 2 rings (SSSR count). The Morgan fingerprint density at radius 1 is 1.50 bits per heavy atom. The molecule has 0 saturated heterocycles. The highest BCUT2D eigenvalue weighted by Gasteiger charge is 2.25. The predicted molar refractivity (Wildman–Crippen MR) is 84.9 cm³/mol. The number of ether oxygens (including phenoxy) is 1. The summed E-state index contributed by atoms with van der Waals surface area (Å²) in [6, 6.07) is 2.08. The van der Waals surface area contributed by atoms with Gasteiger partial charge in [-0.2, -0.15) is 5.10 Å². The van der Waals surface area contributed by atoms with Crippen molar-refractivity contribution in [2.45, 2.75) is 45.9 Å². The quantitative estimate of drug-likeness (QED) is 0.919. The maximum atomic E-state index is 12.1. The zero-order valence-electron chi connectivity index (χ0n) is 13.7. The molecule has 1 unspecified atom stereocenters. The zero-order valence-corrected chi connectivity index (χ0v) is 13.7. The van der Waals surface area contributed by atoms with Gasteiger partial charge in [0.05, 0.1) is 19.6 Å². The molecule has 0 radical (unpaired) electrons. The first-order valence-corrected chi connectivity index (χ1v) is 7.59. The van der Waals surface area contributed by atoms with E-state index >= 15 is 0 Å². The third-order valence-corrected chi connectivity index (χ3v) is 3.10. The van der Waals surface area contributed by atoms with Gasteiger partial charge in [0, 0.05) is 25.0 Å². The Labute approximate surface area is 131 Å². The number of aromatic nitrogens is 2. The molecule has 0 bridgehead atoms. The standard InChI is InChI=1S/C15H25N5O2/c1-12(10-20-8-5-6-17-20)18-13-11-19(9-7-16-13)14(21)22-15(2,3)4/h5-6,8,12H,7,9-11H2,1-4H3,(H,16,18). The summed E-state index contributed by atoms with van der Waals surface area (Å²) in [7, 11) is 0. The van der Waals surface area contributed by atoms with Gasteiger partial charge in [-0.15, -0.1) is 0 Å². The number of amidine groups is 1. The zero-order chi connectivity index (χ0) is 16.2. The van der Waals surface area contributed by atoms with E-state index in [0.717, 1.165) is 12.4 Å². The average molecular weight is 307 g/mol. The van der Waals surface area contributed by atoms with Crippen LogP contribution < -0.4 is 5.32 Å². The Bertz CT molecular complexity index is 519. The number of hydrogen-bond acceptors (Lipinski definition) is 5. The largest absolute Gasteiger partial charge is 0.444 e. The summed E-state index contributed by atoms with van der Waals surface area (Å²) in [5.41, 5.74) is -0.480. The Morgan fingerprint density at radius 2 is 2.27 bits per heavy atom. The summed E-state index contributed by atoms with van der Waals surface area (Å²) in [6.45, 7) is 10.1. The van der Waals surface area contributed by atoms with Gasteiger partial charge in [0.15, 0.2) is 0 Å². The number of rotatable bonds is 3. The molecule has 1 aromatic heterocycles. The van der Waals surface area contributed by atoms with E-state index < -0.39 is 5.60 Å². The van der Waals surface area contributed by atoms with E-state index in [4.69, 9.17) is 4.74 Å². The number of nitrogens with zero attached hydrogens (tertiary/aromatic N) is 4. The van der Waals surface area contributed by atoms with Crippen LogP contribution in [0.4, 0.5) is 4.79 Å². The molecule has 1 aromatic rings. The third kappa shape index (κ3) is 5.05. The van der Waals surface area contributed by atoms with Crippen molar-refractivity contribution >= 4 is 11.9 Å². The van der Waals surface area contributed by atoms with E-state index in [-0.39, 0.29) is 12.1 Å². The van der Waals surface area contributed by atoms with Crippen molar-refractivity contribution < 1.29 is 9.53 Å². The number of hydrogen-bond donors (Lipinski definition) is 1. The predicted octanol–water partition coefficient (Wildman–Crippen LogP) is 1.51. The highest BCUT2D eigenvalue weighted by Crippen LogP contribution is 2.11. The maximum Gasteiger partial charge on any atom is 0.410 e. The molecular weight excluding hydrogens is 282 g/mol. The Kier molecular flexibility index (Phi) is 5.05. The fourth-order valence-electron chi connectivity index (χ4n) is 2.21. The first-order chi connectivity index (χ1) is 10.3. The number of nitrogens with one attached hydrogen (secondary N) is 1. The highest BCUT2D eigenvalue weighted by molar-refractivity contribution is 5.88. The van der Waals surface area contributed by atoms with Gasteiger partial charge in [0.25, 0.3) is 0 Å². The molecule has 22 heavy (non-hydrogen) atoms. The molecule has 0 spiro atoms. The highest BCUT2D eigenvalue weighted by atomic mass is 16.6. The van der Waals surface area contributed by atoms with Crippen molar-refractivity contribution in [3.63, 3.8) is 0 Å². The lowest BCUT2D eigenvalue weighted by Crippen LogP contribution is -2.49. The van der Waals surface area contributed by atoms with E-state index in [9.17, 15) is 4.79 Å². The number of amides is 1. The molecule has 1 amide bonds. The summed E-state index contributed by atoms with van der Waals surface area (Å²) in [5.74, 6) is 0.816. The molecule has 1 atom stereocenters. The van der Waals surface area contributed by atoms with Crippen molar-refractivity contribution in [2.75, 3.05) is 19.6 Å². The van der Waals surface area contributed by atoms with E-state index in [1.807, 2.05) is 37.7 Å². The van der Waals surface area contributed by atoms with Crippen LogP contribution in [-0.2, 0) is 11.3 Å². The minimum atomic E-state index is -0.480. The maximum absolute atomic E-state index is 12.1. The molecule has 0 aliphatic carbocycles. The SMILES string of the molecule is CC(Cn1cccn1)NC1=NCCN(C(=O)OC(C)(C)C)C1. The van der Waals surface area contributed by atoms with Gasteiger partial charge in [-0.05, 0) is 33.8 Å². The molecule has 2 heterocycles. The topological polar surface area (TPSA) is 71.8 Å². The van der Waals surface area contributed by atoms with Gasteiger partial charge in [0.1, 0.15) is 11.4 Å². The minimum absolute atomic E-state index is 0.178. The van der Waals surface area contributed by atoms with Crippen molar-refractivity contribution in [1.29, 1.82) is 0 Å². The summed E-state index contributed by atoms with van der Waals surface area (Å²) in [4.78, 5) is 18.2. The first-order valence-electron chi connectivity index (χ1n) is 7.59. The molecular formula is C15H25N5O2. The second-order valence-electron chi connectivity index (χ2n) is 6.50. The fourth-order valence-corrected chi connectivity index (χ4v) is 2.21. The third-order valence-electron chi connectivity index (χ3n) is 3.10. The summed E-state index contributed by atoms with van der Waals surface area (Å²) in [6.07, 6.45) is 3.39. The average Bonchev–Trinajstić information content (AvgIpc) is 2.89. The van der Waals surface area contributed by atoms with Crippen LogP contribution in [0.15, 0.2) is 23.5 Å². The second-order valence-corrected chi connectivity index (χ2v) is 6.50. The van der Waals surface area contributed by atoms with Crippen molar-refractivity contribution in [2.24, 2.45) is 4.99 Å². The molecule has 7 heteroatoms. The molecule has 7 nitrogen and oxygen atoms in total. The molecule has 0 saturated carbocycles. The van der Waals surface area contributed by atoms with Gasteiger partial charge < -0.3 is 10.1 Å². The van der Waals surface area contributed by atoms with Crippen LogP contribution in [0.25, 0.3) is 0 Å². The van der Waals surface area contributed by atoms with Crippen LogP contribution in [0.2, 0.25) is 0 Å². The molecule has 0 aromatic carbocycles. The molecule has 122 valence electrons. The van der Waals surface area contributed by atoms with Crippen LogP contribution >= 0.6 is 0 Å². The van der Waals surface area contributed by atoms with Crippen LogP contribution in [0.1, 0.15) is 27.7 Å². The van der Waals surface area contributed by atoms with E-state index in [0.29, 0.717) is 19.6 Å². The van der Waals surface area contributed by atoms with Gasteiger partial charge in [-0.25, -0.2) is 4.79 Å². The lowest BCUT2D eigenvalue weighted by Gasteiger charge is -2.30. The normalized spacial score (nSPS) is 16.9. The molecule has 1 N–H and O–H groups in total. The minimum Gasteiger partial charge on any atom is -0.444 e. The van der Waals surface area contributed by atoms with Crippen LogP contribution in [0, 0.1) is 0 Å². The van der Waals surface area contributed by atoms with Crippen molar-refractivity contribution in [1.82, 2.24) is 20.0 Å². The fraction of sp³-hybridized carbons (Fsp3) is 0.667. The van der Waals surface area contributed by atoms with Gasteiger partial charge in [-0.3, -0.25) is 14.6 Å².